The first-order valence-electron chi connectivity index (χ1n) is 13.0. The van der Waals surface area contributed by atoms with E-state index in [0.717, 1.165) is 57.7 Å². The first kappa shape index (κ1) is 29.9. The van der Waals surface area contributed by atoms with Crippen LogP contribution in [0, 0.1) is 0 Å². The van der Waals surface area contributed by atoms with Crippen LogP contribution in [0.15, 0.2) is 23.2 Å². The predicted molar refractivity (Wildman–Crippen MR) is 156 cm³/mol. The largest absolute Gasteiger partial charge is 0.480 e. The van der Waals surface area contributed by atoms with E-state index in [1.54, 1.807) is 25.4 Å². The number of aliphatic imine (C=N–C) groups is 1. The summed E-state index contributed by atoms with van der Waals surface area (Å²) in [6.45, 7) is 9.44. The van der Waals surface area contributed by atoms with Crippen molar-refractivity contribution in [2.24, 2.45) is 4.99 Å². The minimum atomic E-state index is -0.768. The highest BCUT2D eigenvalue weighted by atomic mass is 35.5. The van der Waals surface area contributed by atoms with E-state index in [4.69, 9.17) is 39.0 Å². The topological polar surface area (TPSA) is 123 Å². The van der Waals surface area contributed by atoms with E-state index in [1.807, 2.05) is 24.8 Å². The van der Waals surface area contributed by atoms with Crippen LogP contribution in [0.3, 0.4) is 0 Å². The van der Waals surface area contributed by atoms with E-state index in [9.17, 15) is 4.79 Å². The fraction of sp³-hybridized carbons (Fsp3) is 0.538. The Hall–Kier alpha value is -2.66. The number of carboxylic acids is 1. The van der Waals surface area contributed by atoms with Crippen molar-refractivity contribution in [3.63, 3.8) is 0 Å². The molecule has 2 aliphatic heterocycles. The Morgan fingerprint density at radius 3 is 2.61 bits per heavy atom. The van der Waals surface area contributed by atoms with E-state index in [-0.39, 0.29) is 6.54 Å². The molecule has 38 heavy (non-hydrogen) atoms. The first-order valence-corrected chi connectivity index (χ1v) is 13.8. The van der Waals surface area contributed by atoms with Crippen LogP contribution in [-0.2, 0) is 11.3 Å². The van der Waals surface area contributed by atoms with Crippen molar-refractivity contribution in [2.45, 2.75) is 39.3 Å². The zero-order valence-electron chi connectivity index (χ0n) is 22.3. The Morgan fingerprint density at radius 1 is 1.21 bits per heavy atom. The maximum absolute atomic E-state index is 11.1. The zero-order chi connectivity index (χ0) is 27.7. The van der Waals surface area contributed by atoms with Crippen LogP contribution >= 0.6 is 23.2 Å². The molecule has 0 radical (unpaired) electrons. The average molecular weight is 566 g/mol. The second-order valence-electron chi connectivity index (χ2n) is 9.10. The first-order chi connectivity index (χ1) is 18.3. The van der Waals surface area contributed by atoms with E-state index in [1.165, 1.54) is 0 Å². The Bertz CT molecular complexity index is 1110. The predicted octanol–water partition coefficient (Wildman–Crippen LogP) is 3.72. The summed E-state index contributed by atoms with van der Waals surface area (Å²) in [7, 11) is 1.68. The summed E-state index contributed by atoms with van der Waals surface area (Å²) in [5.74, 6) is 0.356. The standard InChI is InChI=1S/C24H32Cl2N8O2.C2H6/c1-28-13-20-22(27)23(29-12-16-4-5-17(25)11-19(16)26)31-24(30-20)34-9-7-33(8-10-34)18-3-2-6-32(14-18)15-21(35)36;1-2/h4-5,11,13,18H,2-3,6-10,12,14-15,27H2,1H3,(H,35,36)(H,29,30,31);1-2H3. The molecule has 4 N–H and O–H groups in total. The van der Waals surface area contributed by atoms with Gasteiger partial charge in [0.15, 0.2) is 5.82 Å². The van der Waals surface area contributed by atoms with Gasteiger partial charge in [0.2, 0.25) is 5.95 Å². The number of rotatable bonds is 8. The Morgan fingerprint density at radius 2 is 1.95 bits per heavy atom. The number of nitrogens with one attached hydrogen (secondary N) is 1. The molecular formula is C26H38Cl2N8O2. The van der Waals surface area contributed by atoms with Gasteiger partial charge in [-0.15, -0.1) is 0 Å². The molecule has 2 fully saturated rings. The third kappa shape index (κ3) is 7.92. The highest BCUT2D eigenvalue weighted by Crippen LogP contribution is 2.27. The van der Waals surface area contributed by atoms with Crippen LogP contribution in [0.25, 0.3) is 0 Å². The number of carbonyl (C=O) groups is 1. The molecule has 2 aromatic rings. The lowest BCUT2D eigenvalue weighted by molar-refractivity contribution is -0.138. The van der Waals surface area contributed by atoms with Crippen molar-refractivity contribution in [1.82, 2.24) is 19.8 Å². The van der Waals surface area contributed by atoms with Crippen LogP contribution in [0.2, 0.25) is 10.0 Å². The van der Waals surface area contributed by atoms with Crippen LogP contribution in [0.4, 0.5) is 17.5 Å². The molecule has 0 aliphatic carbocycles. The summed E-state index contributed by atoms with van der Waals surface area (Å²) in [5, 5.41) is 13.6. The number of nitrogen functional groups attached to an aromatic ring is 1. The molecule has 0 spiro atoms. The third-order valence-corrected chi connectivity index (χ3v) is 7.22. The summed E-state index contributed by atoms with van der Waals surface area (Å²) in [6, 6.07) is 5.74. The fourth-order valence-corrected chi connectivity index (χ4v) is 5.24. The molecule has 12 heteroatoms. The van der Waals surface area contributed by atoms with Gasteiger partial charge < -0.3 is 21.1 Å². The summed E-state index contributed by atoms with van der Waals surface area (Å²) < 4.78 is 0. The lowest BCUT2D eigenvalue weighted by atomic mass is 10.0. The number of nitrogens with zero attached hydrogens (tertiary/aromatic N) is 6. The number of hydrogen-bond acceptors (Lipinski definition) is 9. The normalized spacial score (nSPS) is 18.8. The molecule has 0 bridgehead atoms. The summed E-state index contributed by atoms with van der Waals surface area (Å²) in [6.07, 6.45) is 3.74. The summed E-state index contributed by atoms with van der Waals surface area (Å²) >= 11 is 12.3. The highest BCUT2D eigenvalue weighted by molar-refractivity contribution is 6.35. The molecule has 1 unspecified atom stereocenters. The van der Waals surface area contributed by atoms with E-state index < -0.39 is 5.97 Å². The molecule has 1 aromatic carbocycles. The SMILES string of the molecule is CC.CN=Cc1nc(N2CCN(C3CCCN(CC(=O)O)C3)CC2)nc(NCc2ccc(Cl)cc2Cl)c1N. The van der Waals surface area contributed by atoms with Gasteiger partial charge in [-0.2, -0.15) is 4.98 Å². The molecule has 0 saturated carbocycles. The maximum Gasteiger partial charge on any atom is 0.317 e. The Labute approximate surface area is 234 Å². The lowest BCUT2D eigenvalue weighted by Gasteiger charge is -2.43. The lowest BCUT2D eigenvalue weighted by Crippen LogP contribution is -2.55. The van der Waals surface area contributed by atoms with Gasteiger partial charge in [0.1, 0.15) is 11.4 Å². The molecule has 4 rings (SSSR count). The van der Waals surface area contributed by atoms with Gasteiger partial charge in [-0.05, 0) is 37.1 Å². The Kier molecular flexibility index (Phi) is 11.4. The number of anilines is 3. The van der Waals surface area contributed by atoms with Crippen molar-refractivity contribution in [3.05, 3.63) is 39.5 Å². The summed E-state index contributed by atoms with van der Waals surface area (Å²) in [5.41, 5.74) is 8.22. The fourth-order valence-electron chi connectivity index (χ4n) is 4.77. The number of likely N-dealkylation sites (tertiary alicyclic amines) is 1. The number of piperazine rings is 1. The highest BCUT2D eigenvalue weighted by Gasteiger charge is 2.29. The number of nitrogens with two attached hydrogens (primary N) is 1. The van der Waals surface area contributed by atoms with Crippen molar-refractivity contribution in [1.29, 1.82) is 0 Å². The van der Waals surface area contributed by atoms with Crippen molar-refractivity contribution < 1.29 is 9.90 Å². The molecule has 2 saturated heterocycles. The third-order valence-electron chi connectivity index (χ3n) is 6.63. The number of benzene rings is 1. The number of hydrogen-bond donors (Lipinski definition) is 3. The van der Waals surface area contributed by atoms with E-state index in [0.29, 0.717) is 45.8 Å². The minimum Gasteiger partial charge on any atom is -0.480 e. The molecule has 3 heterocycles. The van der Waals surface area contributed by atoms with Gasteiger partial charge in [-0.1, -0.05) is 43.1 Å². The number of aliphatic carboxylic acids is 1. The molecule has 1 aromatic heterocycles. The van der Waals surface area contributed by atoms with Gasteiger partial charge in [0.05, 0.1) is 6.54 Å². The van der Waals surface area contributed by atoms with Crippen molar-refractivity contribution in [2.75, 3.05) is 68.8 Å². The second kappa shape index (κ2) is 14.5. The number of carboxylic acid groups (broad SMARTS) is 1. The average Bonchev–Trinajstić information content (AvgIpc) is 2.91. The second-order valence-corrected chi connectivity index (χ2v) is 9.94. The van der Waals surface area contributed by atoms with Crippen molar-refractivity contribution in [3.8, 4) is 0 Å². The van der Waals surface area contributed by atoms with Gasteiger partial charge in [0, 0.05) is 68.6 Å². The molecule has 10 nitrogen and oxygen atoms in total. The van der Waals surface area contributed by atoms with Gasteiger partial charge in [-0.3, -0.25) is 19.6 Å². The number of halogens is 2. The number of aromatic nitrogens is 2. The van der Waals surface area contributed by atoms with Gasteiger partial charge in [0.25, 0.3) is 0 Å². The molecule has 0 amide bonds. The Balaban J connectivity index is 0.00000195. The van der Waals surface area contributed by atoms with E-state index in [2.05, 4.69) is 25.1 Å². The maximum atomic E-state index is 11.1. The molecule has 2 aliphatic rings. The zero-order valence-corrected chi connectivity index (χ0v) is 23.8. The van der Waals surface area contributed by atoms with Crippen LogP contribution in [0.5, 0.6) is 0 Å². The molecule has 208 valence electrons. The molecular weight excluding hydrogens is 527 g/mol. The van der Waals surface area contributed by atoms with Gasteiger partial charge >= 0.3 is 5.97 Å². The number of piperidine rings is 1. The minimum absolute atomic E-state index is 0.106. The molecule has 1 atom stereocenters. The van der Waals surface area contributed by atoms with E-state index >= 15 is 0 Å². The quantitative estimate of drug-likeness (QED) is 0.411. The van der Waals surface area contributed by atoms with Crippen molar-refractivity contribution >= 4 is 52.8 Å². The summed E-state index contributed by atoms with van der Waals surface area (Å²) in [4.78, 5) is 31.3. The van der Waals surface area contributed by atoms with Gasteiger partial charge in [-0.25, -0.2) is 4.98 Å². The van der Waals surface area contributed by atoms with Crippen LogP contribution in [-0.4, -0.2) is 96.0 Å². The monoisotopic (exact) mass is 564 g/mol. The van der Waals surface area contributed by atoms with Crippen LogP contribution < -0.4 is 16.0 Å². The van der Waals surface area contributed by atoms with Crippen LogP contribution in [0.1, 0.15) is 37.9 Å². The smallest absolute Gasteiger partial charge is 0.317 e.